The topological polar surface area (TPSA) is 47.7 Å². The molecule has 4 nitrogen and oxygen atoms in total. The number of morpholine rings is 1. The molecule has 0 aromatic heterocycles. The van der Waals surface area contributed by atoms with Crippen LogP contribution in [-0.4, -0.2) is 44.5 Å². The first kappa shape index (κ1) is 12.4. The lowest BCUT2D eigenvalue weighted by Gasteiger charge is -2.30. The van der Waals surface area contributed by atoms with E-state index in [-0.39, 0.29) is 6.73 Å². The first-order valence-corrected chi connectivity index (χ1v) is 6.00. The second-order valence-electron chi connectivity index (χ2n) is 4.41. The summed E-state index contributed by atoms with van der Waals surface area (Å²) < 4.78 is 10.9. The van der Waals surface area contributed by atoms with Crippen LogP contribution >= 0.6 is 0 Å². The summed E-state index contributed by atoms with van der Waals surface area (Å²) in [7, 11) is 2.13. The van der Waals surface area contributed by atoms with E-state index < -0.39 is 0 Å². The van der Waals surface area contributed by atoms with E-state index in [4.69, 9.17) is 15.2 Å². The van der Waals surface area contributed by atoms with Crippen molar-refractivity contribution in [2.75, 3.05) is 33.5 Å². The third-order valence-corrected chi connectivity index (χ3v) is 2.98. The molecule has 2 rings (SSSR count). The average Bonchev–Trinajstić information content (AvgIpc) is 2.32. The van der Waals surface area contributed by atoms with Gasteiger partial charge in [0.25, 0.3) is 0 Å². The smallest absolute Gasteiger partial charge is 0.137 e. The fraction of sp³-hybridized carbons (Fsp3) is 0.538. The van der Waals surface area contributed by atoms with Crippen molar-refractivity contribution in [2.24, 2.45) is 5.73 Å². The highest BCUT2D eigenvalue weighted by Crippen LogP contribution is 2.15. The Hall–Kier alpha value is -1.10. The molecule has 1 heterocycles. The average molecular weight is 236 g/mol. The van der Waals surface area contributed by atoms with Crippen LogP contribution in [0.3, 0.4) is 0 Å². The lowest BCUT2D eigenvalue weighted by molar-refractivity contribution is -0.0185. The quantitative estimate of drug-likeness (QED) is 0.788. The van der Waals surface area contributed by atoms with Gasteiger partial charge >= 0.3 is 0 Å². The summed E-state index contributed by atoms with van der Waals surface area (Å²) in [5.74, 6) is 0.818. The molecule has 4 heteroatoms. The van der Waals surface area contributed by atoms with Gasteiger partial charge in [0.1, 0.15) is 12.5 Å². The zero-order chi connectivity index (χ0) is 12.1. The van der Waals surface area contributed by atoms with Crippen molar-refractivity contribution in [3.63, 3.8) is 0 Å². The number of ether oxygens (including phenoxy) is 2. The maximum absolute atomic E-state index is 5.74. The second-order valence-corrected chi connectivity index (χ2v) is 4.41. The molecule has 1 atom stereocenters. The summed E-state index contributed by atoms with van der Waals surface area (Å²) in [6.07, 6.45) is 1.25. The molecule has 2 N–H and O–H groups in total. The Morgan fingerprint density at radius 3 is 2.82 bits per heavy atom. The number of hydrogen-bond donors (Lipinski definition) is 1. The molecule has 0 bridgehead atoms. The van der Waals surface area contributed by atoms with E-state index in [1.54, 1.807) is 0 Å². The van der Waals surface area contributed by atoms with Gasteiger partial charge in [-0.05, 0) is 31.2 Å². The van der Waals surface area contributed by atoms with E-state index in [1.165, 1.54) is 5.56 Å². The van der Waals surface area contributed by atoms with E-state index in [9.17, 15) is 0 Å². The fourth-order valence-electron chi connectivity index (χ4n) is 2.07. The van der Waals surface area contributed by atoms with Gasteiger partial charge in [0, 0.05) is 13.1 Å². The van der Waals surface area contributed by atoms with Gasteiger partial charge < -0.3 is 14.4 Å². The van der Waals surface area contributed by atoms with Crippen molar-refractivity contribution >= 4 is 0 Å². The Morgan fingerprint density at radius 2 is 2.18 bits per heavy atom. The lowest BCUT2D eigenvalue weighted by atomic mass is 10.1. The first-order valence-electron chi connectivity index (χ1n) is 6.00. The van der Waals surface area contributed by atoms with Crippen molar-refractivity contribution in [3.8, 4) is 5.75 Å². The van der Waals surface area contributed by atoms with Crippen molar-refractivity contribution < 1.29 is 9.47 Å². The largest absolute Gasteiger partial charge is 0.479 e. The van der Waals surface area contributed by atoms with Gasteiger partial charge in [-0.2, -0.15) is 0 Å². The molecule has 94 valence electrons. The van der Waals surface area contributed by atoms with Crippen molar-refractivity contribution in [3.05, 3.63) is 29.8 Å². The minimum Gasteiger partial charge on any atom is -0.479 e. The minimum atomic E-state index is 0.218. The van der Waals surface area contributed by atoms with E-state index in [2.05, 4.69) is 24.1 Å². The maximum Gasteiger partial charge on any atom is 0.137 e. The van der Waals surface area contributed by atoms with Crippen molar-refractivity contribution in [1.82, 2.24) is 4.90 Å². The third kappa shape index (κ3) is 3.70. The molecule has 1 aliphatic heterocycles. The highest BCUT2D eigenvalue weighted by atomic mass is 16.5. The van der Waals surface area contributed by atoms with Crippen LogP contribution in [0.1, 0.15) is 5.56 Å². The molecule has 1 aliphatic rings. The SMILES string of the molecule is CN1CCO[C@H](Cc2ccc(OCN)cc2)C1. The predicted molar refractivity (Wildman–Crippen MR) is 67.1 cm³/mol. The second kappa shape index (κ2) is 6.00. The van der Waals surface area contributed by atoms with E-state index in [0.717, 1.165) is 31.9 Å². The number of benzene rings is 1. The molecule has 1 aromatic carbocycles. The number of rotatable bonds is 4. The Kier molecular flexibility index (Phi) is 4.36. The van der Waals surface area contributed by atoms with E-state index in [1.807, 2.05) is 12.1 Å². The summed E-state index contributed by atoms with van der Waals surface area (Å²) in [5.41, 5.74) is 6.59. The van der Waals surface area contributed by atoms with Gasteiger partial charge in [0.2, 0.25) is 0 Å². The van der Waals surface area contributed by atoms with E-state index in [0.29, 0.717) is 6.10 Å². The highest BCUT2D eigenvalue weighted by Gasteiger charge is 2.17. The maximum atomic E-state index is 5.74. The lowest BCUT2D eigenvalue weighted by Crippen LogP contribution is -2.40. The molecule has 0 saturated carbocycles. The number of likely N-dealkylation sites (N-methyl/N-ethyl adjacent to an activating group) is 1. The van der Waals surface area contributed by atoms with Gasteiger partial charge in [0.15, 0.2) is 0 Å². The molecule has 0 spiro atoms. The van der Waals surface area contributed by atoms with Gasteiger partial charge in [-0.1, -0.05) is 12.1 Å². The third-order valence-electron chi connectivity index (χ3n) is 2.98. The van der Waals surface area contributed by atoms with Crippen LogP contribution in [0, 0.1) is 0 Å². The molecule has 1 saturated heterocycles. The number of nitrogens with zero attached hydrogens (tertiary/aromatic N) is 1. The van der Waals surface area contributed by atoms with Gasteiger partial charge in [-0.25, -0.2) is 0 Å². The number of nitrogens with two attached hydrogens (primary N) is 1. The molecule has 0 aliphatic carbocycles. The summed E-state index contributed by atoms with van der Waals surface area (Å²) in [6.45, 7) is 3.08. The summed E-state index contributed by atoms with van der Waals surface area (Å²) >= 11 is 0. The zero-order valence-corrected chi connectivity index (χ0v) is 10.3. The monoisotopic (exact) mass is 236 g/mol. The molecule has 1 fully saturated rings. The van der Waals surface area contributed by atoms with Crippen LogP contribution in [0.5, 0.6) is 5.75 Å². The Labute approximate surface area is 102 Å². The van der Waals surface area contributed by atoms with Crippen LogP contribution in [-0.2, 0) is 11.2 Å². The van der Waals surface area contributed by atoms with Crippen molar-refractivity contribution in [1.29, 1.82) is 0 Å². The Bertz CT molecular complexity index is 340. The molecule has 1 aromatic rings. The van der Waals surface area contributed by atoms with Gasteiger partial charge in [0.05, 0.1) is 12.7 Å². The van der Waals surface area contributed by atoms with Crippen LogP contribution < -0.4 is 10.5 Å². The highest BCUT2D eigenvalue weighted by molar-refractivity contribution is 5.27. The van der Waals surface area contributed by atoms with E-state index >= 15 is 0 Å². The molecular formula is C13H20N2O2. The summed E-state index contributed by atoms with van der Waals surface area (Å²) in [6, 6.07) is 8.05. The van der Waals surface area contributed by atoms with Crippen molar-refractivity contribution in [2.45, 2.75) is 12.5 Å². The van der Waals surface area contributed by atoms with Crippen LogP contribution in [0.25, 0.3) is 0 Å². The minimum absolute atomic E-state index is 0.218. The van der Waals surface area contributed by atoms with Crippen LogP contribution in [0.2, 0.25) is 0 Å². The molecule has 0 radical (unpaired) electrons. The molecule has 17 heavy (non-hydrogen) atoms. The predicted octanol–water partition coefficient (Wildman–Crippen LogP) is 0.855. The first-order chi connectivity index (χ1) is 8.28. The Balaban J connectivity index is 1.89. The molecule has 0 unspecified atom stereocenters. The Morgan fingerprint density at radius 1 is 1.41 bits per heavy atom. The van der Waals surface area contributed by atoms with Crippen LogP contribution in [0.15, 0.2) is 24.3 Å². The van der Waals surface area contributed by atoms with Gasteiger partial charge in [-0.15, -0.1) is 0 Å². The van der Waals surface area contributed by atoms with Gasteiger partial charge in [-0.3, -0.25) is 5.73 Å². The number of hydrogen-bond acceptors (Lipinski definition) is 4. The molecular weight excluding hydrogens is 216 g/mol. The van der Waals surface area contributed by atoms with Crippen LogP contribution in [0.4, 0.5) is 0 Å². The summed E-state index contributed by atoms with van der Waals surface area (Å²) in [5, 5.41) is 0. The molecule has 0 amide bonds. The summed E-state index contributed by atoms with van der Waals surface area (Å²) in [4.78, 5) is 2.31. The fourth-order valence-corrected chi connectivity index (χ4v) is 2.07. The normalized spacial score (nSPS) is 21.4. The zero-order valence-electron chi connectivity index (χ0n) is 10.3. The standard InChI is InChI=1S/C13H20N2O2/c1-15-6-7-16-13(9-15)8-11-2-4-12(5-3-11)17-10-14/h2-5,13H,6-10,14H2,1H3/t13-/m1/s1.